The number of carbonyl (C=O) groups is 1. The lowest BCUT2D eigenvalue weighted by molar-refractivity contribution is 0.0658. The van der Waals surface area contributed by atoms with Crippen molar-refractivity contribution in [3.05, 3.63) is 47.4 Å². The number of carboxylic acid groups (broad SMARTS) is 1. The zero-order valence-corrected chi connectivity index (χ0v) is 15.2. The summed E-state index contributed by atoms with van der Waals surface area (Å²) in [5.41, 5.74) is 1.09. The third kappa shape index (κ3) is 4.80. The van der Waals surface area contributed by atoms with Crippen LogP contribution in [0.2, 0.25) is 0 Å². The van der Waals surface area contributed by atoms with Crippen LogP contribution in [0, 0.1) is 17.2 Å². The highest BCUT2D eigenvalue weighted by Gasteiger charge is 2.20. The number of nitriles is 1. The summed E-state index contributed by atoms with van der Waals surface area (Å²) in [5, 5.41) is 18.0. The monoisotopic (exact) mass is 370 g/mol. The SMILES string of the molecule is COc1cc(CN2CCC[C@H](C#N)C2)ccc1OCc1ccc(C(=O)O)o1. The number of nitrogens with zero attached hydrogens (tertiary/aromatic N) is 2. The zero-order valence-electron chi connectivity index (χ0n) is 15.2. The molecular formula is C20H22N2O5. The predicted octanol–water partition coefficient (Wildman–Crippen LogP) is 3.30. The Labute approximate surface area is 157 Å². The molecule has 1 saturated heterocycles. The molecule has 0 spiro atoms. The van der Waals surface area contributed by atoms with E-state index in [0.29, 0.717) is 17.3 Å². The second-order valence-corrected chi connectivity index (χ2v) is 6.55. The summed E-state index contributed by atoms with van der Waals surface area (Å²) < 4.78 is 16.3. The molecule has 7 heteroatoms. The molecule has 142 valence electrons. The first-order valence-electron chi connectivity index (χ1n) is 8.82. The minimum absolute atomic E-state index is 0.104. The van der Waals surface area contributed by atoms with Gasteiger partial charge in [-0.25, -0.2) is 4.79 Å². The number of hydrogen-bond acceptors (Lipinski definition) is 6. The van der Waals surface area contributed by atoms with Gasteiger partial charge in [-0.05, 0) is 49.2 Å². The largest absolute Gasteiger partial charge is 0.493 e. The van der Waals surface area contributed by atoms with Gasteiger partial charge in [-0.15, -0.1) is 0 Å². The Morgan fingerprint density at radius 2 is 2.22 bits per heavy atom. The van der Waals surface area contributed by atoms with E-state index in [9.17, 15) is 4.79 Å². The number of likely N-dealkylation sites (tertiary alicyclic amines) is 1. The van der Waals surface area contributed by atoms with Crippen molar-refractivity contribution >= 4 is 5.97 Å². The van der Waals surface area contributed by atoms with Crippen LogP contribution in [0.25, 0.3) is 0 Å². The van der Waals surface area contributed by atoms with E-state index in [-0.39, 0.29) is 18.3 Å². The summed E-state index contributed by atoms with van der Waals surface area (Å²) in [4.78, 5) is 13.1. The molecule has 1 aliphatic heterocycles. The highest BCUT2D eigenvalue weighted by molar-refractivity contribution is 5.84. The lowest BCUT2D eigenvalue weighted by Crippen LogP contribution is -2.34. The Morgan fingerprint density at radius 3 is 2.93 bits per heavy atom. The van der Waals surface area contributed by atoms with E-state index in [2.05, 4.69) is 11.0 Å². The standard InChI is InChI=1S/C20H22N2O5/c1-25-19-9-14(11-22-8-2-3-15(10-21)12-22)4-6-17(19)26-13-16-5-7-18(27-16)20(23)24/h4-7,9,15H,2-3,8,11-13H2,1H3,(H,23,24)/t15-/m1/s1. The third-order valence-corrected chi connectivity index (χ3v) is 4.56. The number of carboxylic acids is 1. The summed E-state index contributed by atoms with van der Waals surface area (Å²) in [6.45, 7) is 2.65. The number of piperidine rings is 1. The fourth-order valence-corrected chi connectivity index (χ4v) is 3.21. The minimum Gasteiger partial charge on any atom is -0.493 e. The average molecular weight is 370 g/mol. The first-order valence-corrected chi connectivity index (χ1v) is 8.82. The quantitative estimate of drug-likeness (QED) is 0.799. The second kappa shape index (κ2) is 8.60. The Kier molecular flexibility index (Phi) is 5.99. The minimum atomic E-state index is -1.11. The number of furan rings is 1. The molecule has 1 N–H and O–H groups in total. The molecule has 7 nitrogen and oxygen atoms in total. The predicted molar refractivity (Wildman–Crippen MR) is 96.6 cm³/mol. The van der Waals surface area contributed by atoms with Gasteiger partial charge in [0.05, 0.1) is 19.1 Å². The van der Waals surface area contributed by atoms with Crippen molar-refractivity contribution in [3.8, 4) is 17.6 Å². The lowest BCUT2D eigenvalue weighted by atomic mass is 9.99. The second-order valence-electron chi connectivity index (χ2n) is 6.55. The van der Waals surface area contributed by atoms with Crippen LogP contribution in [0.15, 0.2) is 34.7 Å². The molecule has 0 unspecified atom stereocenters. The maximum absolute atomic E-state index is 10.9. The van der Waals surface area contributed by atoms with E-state index in [1.165, 1.54) is 6.07 Å². The molecule has 0 bridgehead atoms. The molecule has 1 aromatic heterocycles. The van der Waals surface area contributed by atoms with Gasteiger partial charge in [0.15, 0.2) is 11.5 Å². The molecule has 2 aromatic rings. The summed E-state index contributed by atoms with van der Waals surface area (Å²) in [6.07, 6.45) is 2.01. The topological polar surface area (TPSA) is 95.9 Å². The van der Waals surface area contributed by atoms with Crippen LogP contribution in [0.4, 0.5) is 0 Å². The summed E-state index contributed by atoms with van der Waals surface area (Å²) in [7, 11) is 1.58. The van der Waals surface area contributed by atoms with Crippen LogP contribution in [0.5, 0.6) is 11.5 Å². The van der Waals surface area contributed by atoms with Gasteiger partial charge in [0.2, 0.25) is 5.76 Å². The fourth-order valence-electron chi connectivity index (χ4n) is 3.21. The van der Waals surface area contributed by atoms with Crippen LogP contribution in [-0.4, -0.2) is 36.2 Å². The highest BCUT2D eigenvalue weighted by Crippen LogP contribution is 2.30. The molecule has 2 heterocycles. The van der Waals surface area contributed by atoms with Crippen molar-refractivity contribution in [2.24, 2.45) is 5.92 Å². The van der Waals surface area contributed by atoms with Gasteiger partial charge in [0, 0.05) is 13.1 Å². The van der Waals surface area contributed by atoms with Gasteiger partial charge in [-0.2, -0.15) is 5.26 Å². The van der Waals surface area contributed by atoms with E-state index in [4.69, 9.17) is 24.3 Å². The number of aromatic carboxylic acids is 1. The van der Waals surface area contributed by atoms with Crippen molar-refractivity contribution in [2.45, 2.75) is 26.0 Å². The molecule has 1 aromatic carbocycles. The fraction of sp³-hybridized carbons (Fsp3) is 0.400. The smallest absolute Gasteiger partial charge is 0.371 e. The third-order valence-electron chi connectivity index (χ3n) is 4.56. The van der Waals surface area contributed by atoms with E-state index >= 15 is 0 Å². The van der Waals surface area contributed by atoms with Gasteiger partial charge in [0.1, 0.15) is 12.4 Å². The maximum Gasteiger partial charge on any atom is 0.371 e. The highest BCUT2D eigenvalue weighted by atomic mass is 16.5. The first kappa shape index (κ1) is 18.8. The zero-order chi connectivity index (χ0) is 19.2. The van der Waals surface area contributed by atoms with Crippen molar-refractivity contribution in [1.82, 2.24) is 4.90 Å². The van der Waals surface area contributed by atoms with Gasteiger partial charge in [-0.1, -0.05) is 6.07 Å². The van der Waals surface area contributed by atoms with Crippen molar-refractivity contribution in [2.75, 3.05) is 20.2 Å². The van der Waals surface area contributed by atoms with Crippen LogP contribution < -0.4 is 9.47 Å². The molecule has 0 radical (unpaired) electrons. The van der Waals surface area contributed by atoms with Crippen LogP contribution in [0.1, 0.15) is 34.7 Å². The first-order chi connectivity index (χ1) is 13.1. The van der Waals surface area contributed by atoms with Crippen molar-refractivity contribution in [1.29, 1.82) is 5.26 Å². The van der Waals surface area contributed by atoms with E-state index in [1.54, 1.807) is 13.2 Å². The van der Waals surface area contributed by atoms with Gasteiger partial charge < -0.3 is 19.0 Å². The van der Waals surface area contributed by atoms with Gasteiger partial charge in [-0.3, -0.25) is 4.90 Å². The van der Waals surface area contributed by atoms with Gasteiger partial charge >= 0.3 is 5.97 Å². The molecule has 3 rings (SSSR count). The number of methoxy groups -OCH3 is 1. The molecule has 1 aliphatic rings. The summed E-state index contributed by atoms with van der Waals surface area (Å²) in [6, 6.07) is 11.1. The summed E-state index contributed by atoms with van der Waals surface area (Å²) >= 11 is 0. The Hall–Kier alpha value is -2.98. The number of hydrogen-bond donors (Lipinski definition) is 1. The van der Waals surface area contributed by atoms with E-state index in [1.807, 2.05) is 18.2 Å². The van der Waals surface area contributed by atoms with E-state index in [0.717, 1.165) is 38.0 Å². The van der Waals surface area contributed by atoms with Crippen LogP contribution in [-0.2, 0) is 13.2 Å². The Balaban J connectivity index is 1.63. The molecule has 0 saturated carbocycles. The Bertz CT molecular complexity index is 839. The lowest BCUT2D eigenvalue weighted by Gasteiger charge is -2.29. The number of ether oxygens (including phenoxy) is 2. The molecular weight excluding hydrogens is 348 g/mol. The molecule has 0 amide bonds. The molecule has 1 atom stereocenters. The van der Waals surface area contributed by atoms with Crippen LogP contribution >= 0.6 is 0 Å². The van der Waals surface area contributed by atoms with Gasteiger partial charge in [0.25, 0.3) is 0 Å². The normalized spacial score (nSPS) is 17.3. The maximum atomic E-state index is 10.9. The van der Waals surface area contributed by atoms with Crippen molar-refractivity contribution in [3.63, 3.8) is 0 Å². The molecule has 27 heavy (non-hydrogen) atoms. The number of benzene rings is 1. The molecule has 0 aliphatic carbocycles. The Morgan fingerprint density at radius 1 is 1.37 bits per heavy atom. The molecule has 1 fully saturated rings. The average Bonchev–Trinajstić information content (AvgIpc) is 3.16. The van der Waals surface area contributed by atoms with Crippen LogP contribution in [0.3, 0.4) is 0 Å². The van der Waals surface area contributed by atoms with Crippen molar-refractivity contribution < 1.29 is 23.8 Å². The number of rotatable bonds is 7. The summed E-state index contributed by atoms with van der Waals surface area (Å²) in [5.74, 6) is 0.462. The van der Waals surface area contributed by atoms with E-state index < -0.39 is 5.97 Å².